The van der Waals surface area contributed by atoms with Gasteiger partial charge in [-0.1, -0.05) is 35.9 Å². The maximum atomic E-state index is 12.6. The van der Waals surface area contributed by atoms with Gasteiger partial charge in [-0.2, -0.15) is 0 Å². The molecule has 0 atom stereocenters. The number of anilines is 2. The number of amides is 2. The van der Waals surface area contributed by atoms with Crippen molar-refractivity contribution in [2.75, 3.05) is 43.4 Å². The molecule has 2 N–H and O–H groups in total. The Morgan fingerprint density at radius 2 is 1.54 bits per heavy atom. The van der Waals surface area contributed by atoms with E-state index in [0.717, 1.165) is 71.5 Å². The van der Waals surface area contributed by atoms with Gasteiger partial charge in [-0.3, -0.25) is 19.4 Å². The lowest BCUT2D eigenvalue weighted by Gasteiger charge is -2.33. The zero-order chi connectivity index (χ0) is 24.8. The van der Waals surface area contributed by atoms with Gasteiger partial charge in [-0.25, -0.2) is 4.98 Å². The molecule has 2 amide bonds. The van der Waals surface area contributed by atoms with Crippen LogP contribution >= 0.6 is 11.3 Å². The molecule has 1 saturated heterocycles. The van der Waals surface area contributed by atoms with Gasteiger partial charge < -0.3 is 10.6 Å². The van der Waals surface area contributed by atoms with Crippen molar-refractivity contribution in [1.82, 2.24) is 14.8 Å². The minimum atomic E-state index is -0.0532. The predicted octanol–water partition coefficient (Wildman–Crippen LogP) is 4.01. The Hall–Kier alpha value is -3.07. The average molecular weight is 492 g/mol. The van der Waals surface area contributed by atoms with E-state index < -0.39 is 0 Å². The summed E-state index contributed by atoms with van der Waals surface area (Å²) in [5.74, 6) is -0.0218. The molecular formula is C27H33N5O2S. The fraction of sp³-hybridized carbons (Fsp3) is 0.370. The first-order valence-corrected chi connectivity index (χ1v) is 12.8. The molecular weight excluding hydrogens is 458 g/mol. The van der Waals surface area contributed by atoms with Crippen molar-refractivity contribution in [1.29, 1.82) is 0 Å². The minimum Gasteiger partial charge on any atom is -0.326 e. The first kappa shape index (κ1) is 25.0. The van der Waals surface area contributed by atoms with Crippen molar-refractivity contribution < 1.29 is 9.59 Å². The number of carbonyl (C=O) groups is 2. The Labute approximate surface area is 211 Å². The van der Waals surface area contributed by atoms with Gasteiger partial charge in [0.05, 0.1) is 18.7 Å². The predicted molar refractivity (Wildman–Crippen MR) is 142 cm³/mol. The largest absolute Gasteiger partial charge is 0.326 e. The normalized spacial score (nSPS) is 14.6. The molecule has 0 bridgehead atoms. The van der Waals surface area contributed by atoms with E-state index >= 15 is 0 Å². The van der Waals surface area contributed by atoms with Crippen molar-refractivity contribution in [3.05, 3.63) is 75.2 Å². The summed E-state index contributed by atoms with van der Waals surface area (Å²) < 4.78 is 0. The van der Waals surface area contributed by atoms with Crippen molar-refractivity contribution in [3.63, 3.8) is 0 Å². The molecule has 0 unspecified atom stereocenters. The molecule has 1 aromatic heterocycles. The number of nitrogens with zero attached hydrogens (tertiary/aromatic N) is 3. The number of para-hydroxylation sites is 1. The molecule has 1 aliphatic heterocycles. The van der Waals surface area contributed by atoms with E-state index in [4.69, 9.17) is 0 Å². The molecule has 35 heavy (non-hydrogen) atoms. The van der Waals surface area contributed by atoms with Crippen molar-refractivity contribution in [2.45, 2.75) is 33.7 Å². The Bertz CT molecular complexity index is 1150. The fourth-order valence-corrected chi connectivity index (χ4v) is 4.99. The number of thiazole rings is 1. The van der Waals surface area contributed by atoms with Crippen LogP contribution < -0.4 is 10.6 Å². The van der Waals surface area contributed by atoms with Crippen LogP contribution in [0.1, 0.15) is 27.4 Å². The van der Waals surface area contributed by atoms with Crippen LogP contribution in [0.15, 0.2) is 47.8 Å². The summed E-state index contributed by atoms with van der Waals surface area (Å²) in [4.78, 5) is 34.1. The molecule has 1 aliphatic rings. The van der Waals surface area contributed by atoms with E-state index in [1.165, 1.54) is 11.3 Å². The zero-order valence-electron chi connectivity index (χ0n) is 20.6. The molecule has 1 fully saturated rings. The van der Waals surface area contributed by atoms with Crippen LogP contribution in [0.3, 0.4) is 0 Å². The second-order valence-electron chi connectivity index (χ2n) is 9.19. The molecule has 7 nitrogen and oxygen atoms in total. The Kier molecular flexibility index (Phi) is 8.28. The first-order valence-electron chi connectivity index (χ1n) is 12.0. The monoisotopic (exact) mass is 491 g/mol. The molecule has 0 saturated carbocycles. The van der Waals surface area contributed by atoms with Crippen molar-refractivity contribution >= 4 is 34.5 Å². The standard InChI is InChI=1S/C27H33N5O2S/c1-19-7-9-22(10-8-19)28-24(33)15-26-29-23(18-35-26)16-31-11-13-32(14-12-31)17-25(34)30-27-20(2)5-4-6-21(27)3/h4-10,18H,11-17H2,1-3H3,(H,28,33)(H,30,34). The highest BCUT2D eigenvalue weighted by Gasteiger charge is 2.20. The Morgan fingerprint density at radius 3 is 2.23 bits per heavy atom. The van der Waals surface area contributed by atoms with Crippen LogP contribution in [0.25, 0.3) is 0 Å². The van der Waals surface area contributed by atoms with Crippen LogP contribution in [0.2, 0.25) is 0 Å². The van der Waals surface area contributed by atoms with Gasteiger partial charge in [0.1, 0.15) is 5.01 Å². The van der Waals surface area contributed by atoms with Gasteiger partial charge in [0, 0.05) is 49.5 Å². The Morgan fingerprint density at radius 1 is 0.886 bits per heavy atom. The summed E-state index contributed by atoms with van der Waals surface area (Å²) in [6, 6.07) is 13.8. The van der Waals surface area contributed by atoms with Crippen LogP contribution in [-0.2, 0) is 22.6 Å². The summed E-state index contributed by atoms with van der Waals surface area (Å²) >= 11 is 1.53. The summed E-state index contributed by atoms with van der Waals surface area (Å²) in [6.07, 6.45) is 0.280. The van der Waals surface area contributed by atoms with Gasteiger partial charge in [-0.05, 0) is 44.0 Å². The Balaban J connectivity index is 1.19. The molecule has 0 radical (unpaired) electrons. The van der Waals surface area contributed by atoms with E-state index in [1.54, 1.807) is 0 Å². The highest BCUT2D eigenvalue weighted by atomic mass is 32.1. The van der Waals surface area contributed by atoms with Crippen LogP contribution in [0, 0.1) is 20.8 Å². The third kappa shape index (κ3) is 7.21. The van der Waals surface area contributed by atoms with Crippen LogP contribution in [0.5, 0.6) is 0 Å². The lowest BCUT2D eigenvalue weighted by molar-refractivity contribution is -0.118. The smallest absolute Gasteiger partial charge is 0.238 e. The lowest BCUT2D eigenvalue weighted by Crippen LogP contribution is -2.48. The summed E-state index contributed by atoms with van der Waals surface area (Å²) in [7, 11) is 0. The van der Waals surface area contributed by atoms with E-state index in [-0.39, 0.29) is 18.2 Å². The topological polar surface area (TPSA) is 77.6 Å². The van der Waals surface area contributed by atoms with E-state index in [2.05, 4.69) is 25.4 Å². The van der Waals surface area contributed by atoms with Crippen LogP contribution in [0.4, 0.5) is 11.4 Å². The van der Waals surface area contributed by atoms with Gasteiger partial charge in [0.15, 0.2) is 0 Å². The maximum absolute atomic E-state index is 12.6. The highest BCUT2D eigenvalue weighted by Crippen LogP contribution is 2.20. The number of aromatic nitrogens is 1. The minimum absolute atomic E-state index is 0.0314. The first-order chi connectivity index (χ1) is 16.9. The summed E-state index contributed by atoms with van der Waals surface area (Å²) in [6.45, 7) is 10.7. The second kappa shape index (κ2) is 11.6. The number of benzene rings is 2. The lowest BCUT2D eigenvalue weighted by atomic mass is 10.1. The van der Waals surface area contributed by atoms with Crippen molar-refractivity contribution in [2.24, 2.45) is 0 Å². The van der Waals surface area contributed by atoms with Gasteiger partial charge in [0.2, 0.25) is 11.8 Å². The molecule has 3 aromatic rings. The number of aryl methyl sites for hydroxylation is 3. The molecule has 184 valence electrons. The summed E-state index contributed by atoms with van der Waals surface area (Å²) in [5, 5.41) is 8.87. The third-order valence-corrected chi connectivity index (χ3v) is 7.11. The van der Waals surface area contributed by atoms with E-state index in [9.17, 15) is 9.59 Å². The summed E-state index contributed by atoms with van der Waals surface area (Å²) in [5.41, 5.74) is 6.04. The molecule has 0 aliphatic carbocycles. The maximum Gasteiger partial charge on any atom is 0.238 e. The number of hydrogen-bond donors (Lipinski definition) is 2. The molecule has 0 spiro atoms. The quantitative estimate of drug-likeness (QED) is 0.498. The highest BCUT2D eigenvalue weighted by molar-refractivity contribution is 7.09. The number of hydrogen-bond acceptors (Lipinski definition) is 6. The second-order valence-corrected chi connectivity index (χ2v) is 10.1. The van der Waals surface area contributed by atoms with Crippen molar-refractivity contribution in [3.8, 4) is 0 Å². The van der Waals surface area contributed by atoms with E-state index in [1.807, 2.05) is 68.6 Å². The average Bonchev–Trinajstić information content (AvgIpc) is 3.25. The molecule has 4 rings (SSSR count). The number of rotatable bonds is 8. The van der Waals surface area contributed by atoms with Gasteiger partial charge in [0.25, 0.3) is 0 Å². The van der Waals surface area contributed by atoms with Crippen LogP contribution in [-0.4, -0.2) is 59.3 Å². The van der Waals surface area contributed by atoms with E-state index in [0.29, 0.717) is 6.54 Å². The zero-order valence-corrected chi connectivity index (χ0v) is 21.5. The third-order valence-electron chi connectivity index (χ3n) is 6.21. The SMILES string of the molecule is Cc1ccc(NC(=O)Cc2nc(CN3CCN(CC(=O)Nc4c(C)cccc4C)CC3)cs2)cc1. The van der Waals surface area contributed by atoms with Gasteiger partial charge >= 0.3 is 0 Å². The molecule has 2 heterocycles. The molecule has 2 aromatic carbocycles. The number of piperazine rings is 1. The number of carbonyl (C=O) groups excluding carboxylic acids is 2. The van der Waals surface area contributed by atoms with Gasteiger partial charge in [-0.15, -0.1) is 11.3 Å². The fourth-order valence-electron chi connectivity index (χ4n) is 4.21. The number of nitrogens with one attached hydrogen (secondary N) is 2. The molecule has 8 heteroatoms.